The maximum absolute atomic E-state index is 5.74. The van der Waals surface area contributed by atoms with Crippen molar-refractivity contribution < 1.29 is 18.9 Å². The molecule has 6 heteroatoms. The molecule has 1 aromatic carbocycles. The molecule has 0 aromatic heterocycles. The van der Waals surface area contributed by atoms with Gasteiger partial charge in [0.05, 0.1) is 21.3 Å². The van der Waals surface area contributed by atoms with Crippen LogP contribution in [0.4, 0.5) is 0 Å². The Morgan fingerprint density at radius 1 is 0.960 bits per heavy atom. The van der Waals surface area contributed by atoms with Gasteiger partial charge in [-0.15, -0.1) is 0 Å². The number of methoxy groups -OCH3 is 3. The van der Waals surface area contributed by atoms with E-state index in [1.54, 1.807) is 21.3 Å². The van der Waals surface area contributed by atoms with Crippen LogP contribution in [0.2, 0.25) is 0 Å². The van der Waals surface area contributed by atoms with Crippen LogP contribution >= 0.6 is 0 Å². The molecule has 25 heavy (non-hydrogen) atoms. The predicted octanol–water partition coefficient (Wildman–Crippen LogP) is 2.09. The zero-order valence-corrected chi connectivity index (χ0v) is 15.5. The third-order valence-corrected chi connectivity index (χ3v) is 5.31. The van der Waals surface area contributed by atoms with Gasteiger partial charge >= 0.3 is 0 Å². The fraction of sp³-hybridized carbons (Fsp3) is 0.684. The molecule has 2 heterocycles. The van der Waals surface area contributed by atoms with E-state index in [2.05, 4.69) is 16.3 Å². The Labute approximate surface area is 150 Å². The molecular formula is C19H30N2O4. The summed E-state index contributed by atoms with van der Waals surface area (Å²) in [7, 11) is 5.06. The van der Waals surface area contributed by atoms with Crippen molar-refractivity contribution in [2.24, 2.45) is 5.92 Å². The van der Waals surface area contributed by atoms with Gasteiger partial charge in [0, 0.05) is 57.1 Å². The predicted molar refractivity (Wildman–Crippen MR) is 96.8 cm³/mol. The summed E-state index contributed by atoms with van der Waals surface area (Å²) in [6.07, 6.45) is 2.15. The normalized spacial score (nSPS) is 20.9. The van der Waals surface area contributed by atoms with E-state index >= 15 is 0 Å². The average molecular weight is 350 g/mol. The van der Waals surface area contributed by atoms with E-state index in [9.17, 15) is 0 Å². The minimum atomic E-state index is 0.306. The SMILES string of the molecule is COc1cc(OC)c([C@@H](C2CCOCC2)N2CCNCC2)cc1OC. The molecule has 0 aliphatic carbocycles. The number of benzene rings is 1. The van der Waals surface area contributed by atoms with Crippen LogP contribution in [0.1, 0.15) is 24.4 Å². The largest absolute Gasteiger partial charge is 0.496 e. The third-order valence-electron chi connectivity index (χ3n) is 5.31. The first-order valence-electron chi connectivity index (χ1n) is 9.11. The maximum Gasteiger partial charge on any atom is 0.164 e. The Hall–Kier alpha value is -1.50. The number of rotatable bonds is 6. The zero-order chi connectivity index (χ0) is 17.6. The van der Waals surface area contributed by atoms with E-state index in [0.717, 1.165) is 63.7 Å². The molecule has 2 aliphatic rings. The van der Waals surface area contributed by atoms with Crippen molar-refractivity contribution in [2.45, 2.75) is 18.9 Å². The van der Waals surface area contributed by atoms with E-state index in [0.29, 0.717) is 17.7 Å². The summed E-state index contributed by atoms with van der Waals surface area (Å²) >= 11 is 0. The number of nitrogens with zero attached hydrogens (tertiary/aromatic N) is 1. The Kier molecular flexibility index (Phi) is 6.39. The lowest BCUT2D eigenvalue weighted by molar-refractivity contribution is 0.0205. The summed E-state index contributed by atoms with van der Waals surface area (Å²) in [6, 6.07) is 4.35. The molecule has 6 nitrogen and oxygen atoms in total. The summed E-state index contributed by atoms with van der Waals surface area (Å²) < 4.78 is 22.4. The molecule has 0 spiro atoms. The number of nitrogens with one attached hydrogen (secondary N) is 1. The van der Waals surface area contributed by atoms with Gasteiger partial charge in [0.25, 0.3) is 0 Å². The average Bonchev–Trinajstić information content (AvgIpc) is 2.69. The molecule has 140 valence electrons. The van der Waals surface area contributed by atoms with Crippen molar-refractivity contribution in [1.29, 1.82) is 0 Å². The van der Waals surface area contributed by atoms with E-state index < -0.39 is 0 Å². The fourth-order valence-corrected chi connectivity index (χ4v) is 4.02. The molecule has 2 fully saturated rings. The van der Waals surface area contributed by atoms with Gasteiger partial charge in [-0.3, -0.25) is 4.90 Å². The van der Waals surface area contributed by atoms with Crippen molar-refractivity contribution >= 4 is 0 Å². The van der Waals surface area contributed by atoms with Crippen LogP contribution < -0.4 is 19.5 Å². The second kappa shape index (κ2) is 8.74. The lowest BCUT2D eigenvalue weighted by Gasteiger charge is -2.41. The molecule has 0 radical (unpaired) electrons. The smallest absolute Gasteiger partial charge is 0.164 e. The molecular weight excluding hydrogens is 320 g/mol. The highest BCUT2D eigenvalue weighted by Gasteiger charge is 2.34. The molecule has 2 aliphatic heterocycles. The summed E-state index contributed by atoms with van der Waals surface area (Å²) in [5.41, 5.74) is 1.19. The van der Waals surface area contributed by atoms with E-state index in [-0.39, 0.29) is 0 Å². The Morgan fingerprint density at radius 3 is 2.16 bits per heavy atom. The summed E-state index contributed by atoms with van der Waals surface area (Å²) in [6.45, 7) is 5.80. The summed E-state index contributed by atoms with van der Waals surface area (Å²) in [4.78, 5) is 2.58. The van der Waals surface area contributed by atoms with Gasteiger partial charge in [-0.25, -0.2) is 0 Å². The Bertz CT molecular complexity index is 537. The first-order chi connectivity index (χ1) is 12.3. The highest BCUT2D eigenvalue weighted by Crippen LogP contribution is 2.44. The number of ether oxygens (including phenoxy) is 4. The van der Waals surface area contributed by atoms with Crippen LogP contribution in [-0.2, 0) is 4.74 Å². The zero-order valence-electron chi connectivity index (χ0n) is 15.5. The lowest BCUT2D eigenvalue weighted by atomic mass is 9.85. The van der Waals surface area contributed by atoms with Gasteiger partial charge in [-0.2, -0.15) is 0 Å². The van der Waals surface area contributed by atoms with Crippen molar-refractivity contribution in [3.8, 4) is 17.2 Å². The van der Waals surface area contributed by atoms with E-state index in [1.165, 1.54) is 5.56 Å². The fourth-order valence-electron chi connectivity index (χ4n) is 4.02. The highest BCUT2D eigenvalue weighted by atomic mass is 16.5. The van der Waals surface area contributed by atoms with Gasteiger partial charge in [0.2, 0.25) is 0 Å². The Morgan fingerprint density at radius 2 is 1.56 bits per heavy atom. The number of piperazine rings is 1. The molecule has 0 unspecified atom stereocenters. The highest BCUT2D eigenvalue weighted by molar-refractivity contribution is 5.52. The molecule has 1 atom stereocenters. The summed E-state index contributed by atoms with van der Waals surface area (Å²) in [5, 5.41) is 3.45. The maximum atomic E-state index is 5.74. The second-order valence-electron chi connectivity index (χ2n) is 6.63. The molecule has 0 bridgehead atoms. The lowest BCUT2D eigenvalue weighted by Crippen LogP contribution is -2.47. The van der Waals surface area contributed by atoms with Crippen molar-refractivity contribution in [1.82, 2.24) is 10.2 Å². The van der Waals surface area contributed by atoms with E-state index in [1.807, 2.05) is 6.07 Å². The van der Waals surface area contributed by atoms with Gasteiger partial charge in [-0.05, 0) is 24.8 Å². The Balaban J connectivity index is 2.01. The van der Waals surface area contributed by atoms with E-state index in [4.69, 9.17) is 18.9 Å². The molecule has 1 N–H and O–H groups in total. The standard InChI is InChI=1S/C19H30N2O4/c1-22-16-13-18(24-3)17(23-2)12-15(16)19(14-4-10-25-11-5-14)21-8-6-20-7-9-21/h12-14,19-20H,4-11H2,1-3H3/t19-/m1/s1. The molecule has 0 amide bonds. The monoisotopic (exact) mass is 350 g/mol. The van der Waals surface area contributed by atoms with Crippen molar-refractivity contribution in [3.63, 3.8) is 0 Å². The van der Waals surface area contributed by atoms with Crippen LogP contribution in [0.5, 0.6) is 17.2 Å². The molecule has 1 aromatic rings. The minimum Gasteiger partial charge on any atom is -0.496 e. The third kappa shape index (κ3) is 4.02. The van der Waals surface area contributed by atoms with Crippen LogP contribution in [0.3, 0.4) is 0 Å². The summed E-state index contributed by atoms with van der Waals surface area (Å²) in [5.74, 6) is 2.88. The van der Waals surface area contributed by atoms with Crippen LogP contribution in [0.15, 0.2) is 12.1 Å². The topological polar surface area (TPSA) is 52.2 Å². The van der Waals surface area contributed by atoms with Gasteiger partial charge in [0.15, 0.2) is 11.5 Å². The minimum absolute atomic E-state index is 0.306. The quantitative estimate of drug-likeness (QED) is 0.848. The van der Waals surface area contributed by atoms with Gasteiger partial charge in [-0.1, -0.05) is 0 Å². The van der Waals surface area contributed by atoms with Gasteiger partial charge in [0.1, 0.15) is 5.75 Å². The first kappa shape index (κ1) is 18.3. The number of hydrogen-bond acceptors (Lipinski definition) is 6. The van der Waals surface area contributed by atoms with Crippen LogP contribution in [-0.4, -0.2) is 65.6 Å². The van der Waals surface area contributed by atoms with Gasteiger partial charge < -0.3 is 24.3 Å². The molecule has 0 saturated carbocycles. The molecule has 3 rings (SSSR count). The molecule has 2 saturated heterocycles. The number of hydrogen-bond donors (Lipinski definition) is 1. The van der Waals surface area contributed by atoms with Crippen LogP contribution in [0.25, 0.3) is 0 Å². The second-order valence-corrected chi connectivity index (χ2v) is 6.63. The van der Waals surface area contributed by atoms with Crippen LogP contribution in [0, 0.1) is 5.92 Å². The van der Waals surface area contributed by atoms with Crippen molar-refractivity contribution in [2.75, 3.05) is 60.7 Å². The first-order valence-corrected chi connectivity index (χ1v) is 9.11. The van der Waals surface area contributed by atoms with Crippen molar-refractivity contribution in [3.05, 3.63) is 17.7 Å².